The lowest BCUT2D eigenvalue weighted by Crippen LogP contribution is -2.35. The molecule has 1 aromatic rings. The van der Waals surface area contributed by atoms with Gasteiger partial charge in [0.05, 0.1) is 7.11 Å². The highest BCUT2D eigenvalue weighted by Gasteiger charge is 2.29. The first-order valence-electron chi connectivity index (χ1n) is 8.28. The number of nitrogens with zero attached hydrogens (tertiary/aromatic N) is 2. The van der Waals surface area contributed by atoms with Crippen molar-refractivity contribution in [3.8, 4) is 5.75 Å². The van der Waals surface area contributed by atoms with E-state index in [2.05, 4.69) is 35.8 Å². The Morgan fingerprint density at radius 3 is 2.57 bits per heavy atom. The monoisotopic (exact) mass is 288 g/mol. The molecule has 3 rings (SSSR count). The van der Waals surface area contributed by atoms with Gasteiger partial charge in [0.25, 0.3) is 0 Å². The maximum Gasteiger partial charge on any atom is 0.122 e. The van der Waals surface area contributed by atoms with E-state index in [1.165, 1.54) is 62.1 Å². The van der Waals surface area contributed by atoms with Crippen LogP contribution in [0.25, 0.3) is 0 Å². The standard InChI is InChI=1S/C18H28N2O/c1-14-15(2)18(21-3)7-6-16(14)12-19-11-8-17(13-19)20-9-4-5-10-20/h6-7,17H,4-5,8-13H2,1-3H3/t17-/m1/s1. The lowest BCUT2D eigenvalue weighted by Gasteiger charge is -2.24. The molecule has 1 atom stereocenters. The molecule has 1 aromatic carbocycles. The van der Waals surface area contributed by atoms with Crippen LogP contribution in [0.4, 0.5) is 0 Å². The maximum atomic E-state index is 5.42. The van der Waals surface area contributed by atoms with Crippen molar-refractivity contribution in [3.63, 3.8) is 0 Å². The predicted molar refractivity (Wildman–Crippen MR) is 87.0 cm³/mol. The molecule has 0 saturated carbocycles. The van der Waals surface area contributed by atoms with Crippen molar-refractivity contribution in [2.45, 2.75) is 45.7 Å². The molecule has 0 N–H and O–H groups in total. The van der Waals surface area contributed by atoms with Gasteiger partial charge in [-0.2, -0.15) is 0 Å². The molecule has 21 heavy (non-hydrogen) atoms. The third-order valence-electron chi connectivity index (χ3n) is 5.37. The summed E-state index contributed by atoms with van der Waals surface area (Å²) in [5.41, 5.74) is 4.12. The van der Waals surface area contributed by atoms with Crippen LogP contribution in [0.2, 0.25) is 0 Å². The fraction of sp³-hybridized carbons (Fsp3) is 0.667. The van der Waals surface area contributed by atoms with Crippen LogP contribution in [0.3, 0.4) is 0 Å². The Bertz CT molecular complexity index is 494. The van der Waals surface area contributed by atoms with Crippen molar-refractivity contribution in [2.75, 3.05) is 33.3 Å². The van der Waals surface area contributed by atoms with Gasteiger partial charge in [-0.1, -0.05) is 6.07 Å². The van der Waals surface area contributed by atoms with Crippen molar-refractivity contribution in [3.05, 3.63) is 28.8 Å². The number of hydrogen-bond acceptors (Lipinski definition) is 3. The summed E-state index contributed by atoms with van der Waals surface area (Å²) < 4.78 is 5.42. The molecule has 0 radical (unpaired) electrons. The van der Waals surface area contributed by atoms with Gasteiger partial charge in [0.15, 0.2) is 0 Å². The third-order valence-corrected chi connectivity index (χ3v) is 5.37. The van der Waals surface area contributed by atoms with Gasteiger partial charge in [0, 0.05) is 25.7 Å². The number of methoxy groups -OCH3 is 1. The molecule has 0 amide bonds. The number of likely N-dealkylation sites (tertiary alicyclic amines) is 2. The number of rotatable bonds is 4. The Labute approximate surface area is 128 Å². The molecule has 2 fully saturated rings. The smallest absolute Gasteiger partial charge is 0.122 e. The van der Waals surface area contributed by atoms with Crippen molar-refractivity contribution in [2.24, 2.45) is 0 Å². The van der Waals surface area contributed by atoms with Crippen LogP contribution in [-0.2, 0) is 6.54 Å². The van der Waals surface area contributed by atoms with Crippen LogP contribution in [0.15, 0.2) is 12.1 Å². The molecule has 3 heteroatoms. The van der Waals surface area contributed by atoms with Gasteiger partial charge in [0.1, 0.15) is 5.75 Å². The van der Waals surface area contributed by atoms with Crippen molar-refractivity contribution >= 4 is 0 Å². The van der Waals surface area contributed by atoms with Crippen molar-refractivity contribution < 1.29 is 4.74 Å². The molecule has 0 aromatic heterocycles. The average molecular weight is 288 g/mol. The summed E-state index contributed by atoms with van der Waals surface area (Å²) >= 11 is 0. The zero-order chi connectivity index (χ0) is 14.8. The number of ether oxygens (including phenoxy) is 1. The van der Waals surface area contributed by atoms with E-state index in [0.29, 0.717) is 0 Å². The van der Waals surface area contributed by atoms with Crippen molar-refractivity contribution in [1.82, 2.24) is 9.80 Å². The van der Waals surface area contributed by atoms with Gasteiger partial charge in [-0.15, -0.1) is 0 Å². The van der Waals surface area contributed by atoms with Crippen LogP contribution < -0.4 is 4.74 Å². The van der Waals surface area contributed by atoms with E-state index >= 15 is 0 Å². The molecule has 3 nitrogen and oxygen atoms in total. The summed E-state index contributed by atoms with van der Waals surface area (Å²) in [4.78, 5) is 5.32. The predicted octanol–water partition coefficient (Wildman–Crippen LogP) is 2.98. The number of hydrogen-bond donors (Lipinski definition) is 0. The molecular weight excluding hydrogens is 260 g/mol. The van der Waals surface area contributed by atoms with Gasteiger partial charge >= 0.3 is 0 Å². The van der Waals surface area contributed by atoms with Gasteiger partial charge in [-0.3, -0.25) is 9.80 Å². The maximum absolute atomic E-state index is 5.42. The van der Waals surface area contributed by atoms with Gasteiger partial charge in [-0.05, 0) is 69.0 Å². The van der Waals surface area contributed by atoms with E-state index in [-0.39, 0.29) is 0 Å². The lowest BCUT2D eigenvalue weighted by molar-refractivity contribution is 0.229. The van der Waals surface area contributed by atoms with Crippen molar-refractivity contribution in [1.29, 1.82) is 0 Å². The fourth-order valence-electron chi connectivity index (χ4n) is 3.85. The zero-order valence-corrected chi connectivity index (χ0v) is 13.7. The van der Waals surface area contributed by atoms with Gasteiger partial charge < -0.3 is 4.74 Å². The highest BCUT2D eigenvalue weighted by atomic mass is 16.5. The fourth-order valence-corrected chi connectivity index (χ4v) is 3.85. The van der Waals surface area contributed by atoms with Crippen LogP contribution in [0, 0.1) is 13.8 Å². The minimum Gasteiger partial charge on any atom is -0.496 e. The SMILES string of the molecule is COc1ccc(CN2CC[C@@H](N3CCCC3)C2)c(C)c1C. The minimum absolute atomic E-state index is 0.798. The van der Waals surface area contributed by atoms with E-state index in [0.717, 1.165) is 18.3 Å². The Morgan fingerprint density at radius 1 is 1.10 bits per heavy atom. The molecular formula is C18H28N2O. The summed E-state index contributed by atoms with van der Waals surface area (Å²) in [6.45, 7) is 10.6. The van der Waals surface area contributed by atoms with E-state index in [4.69, 9.17) is 4.74 Å². The first-order valence-corrected chi connectivity index (χ1v) is 8.28. The van der Waals surface area contributed by atoms with Crippen LogP contribution in [-0.4, -0.2) is 49.1 Å². The lowest BCUT2D eigenvalue weighted by atomic mass is 10.0. The van der Waals surface area contributed by atoms with Crippen LogP contribution in [0.1, 0.15) is 36.0 Å². The van der Waals surface area contributed by atoms with E-state index in [9.17, 15) is 0 Å². The summed E-state index contributed by atoms with van der Waals surface area (Å²) in [5, 5.41) is 0. The van der Waals surface area contributed by atoms with Crippen LogP contribution in [0.5, 0.6) is 5.75 Å². The van der Waals surface area contributed by atoms with E-state index < -0.39 is 0 Å². The van der Waals surface area contributed by atoms with Crippen LogP contribution >= 0.6 is 0 Å². The Balaban J connectivity index is 1.63. The van der Waals surface area contributed by atoms with Gasteiger partial charge in [-0.25, -0.2) is 0 Å². The van der Waals surface area contributed by atoms with E-state index in [1.807, 2.05) is 0 Å². The first-order chi connectivity index (χ1) is 10.2. The Kier molecular flexibility index (Phi) is 4.51. The largest absolute Gasteiger partial charge is 0.496 e. The second-order valence-electron chi connectivity index (χ2n) is 6.60. The molecule has 2 aliphatic rings. The third kappa shape index (κ3) is 3.09. The highest BCUT2D eigenvalue weighted by molar-refractivity contribution is 5.43. The molecule has 116 valence electrons. The molecule has 0 aliphatic carbocycles. The molecule has 0 spiro atoms. The first kappa shape index (κ1) is 14.9. The quantitative estimate of drug-likeness (QED) is 0.847. The minimum atomic E-state index is 0.798. The molecule has 2 saturated heterocycles. The Hall–Kier alpha value is -1.06. The second-order valence-corrected chi connectivity index (χ2v) is 6.60. The summed E-state index contributed by atoms with van der Waals surface area (Å²) in [5.74, 6) is 1.01. The summed E-state index contributed by atoms with van der Waals surface area (Å²) in [6.07, 6.45) is 4.13. The summed E-state index contributed by atoms with van der Waals surface area (Å²) in [6, 6.07) is 5.16. The molecule has 2 heterocycles. The topological polar surface area (TPSA) is 15.7 Å². The van der Waals surface area contributed by atoms with Gasteiger partial charge in [0.2, 0.25) is 0 Å². The summed E-state index contributed by atoms with van der Waals surface area (Å²) in [7, 11) is 1.75. The van der Waals surface area contributed by atoms with E-state index in [1.54, 1.807) is 7.11 Å². The average Bonchev–Trinajstić information content (AvgIpc) is 3.15. The zero-order valence-electron chi connectivity index (χ0n) is 13.7. The molecule has 2 aliphatic heterocycles. The molecule has 0 unspecified atom stereocenters. The number of benzene rings is 1. The normalized spacial score (nSPS) is 23.9. The second kappa shape index (κ2) is 6.37. The highest BCUT2D eigenvalue weighted by Crippen LogP contribution is 2.27. The Morgan fingerprint density at radius 2 is 1.86 bits per heavy atom. The molecule has 0 bridgehead atoms.